The molecule has 10 heteroatoms. The molecule has 2 saturated heterocycles. The number of carbonyl (C=O) groups is 2. The SMILES string of the molecule is CN1CCN(Cc2ccc(-c3n[nH]c4c3C(=O)c3c(NC(=O)NN5CCOCC5)cc5c(c3-4)CCCCC5)cc2)CC1. The van der Waals surface area contributed by atoms with Crippen LogP contribution in [0.25, 0.3) is 22.5 Å². The first-order valence-corrected chi connectivity index (χ1v) is 15.3. The van der Waals surface area contributed by atoms with Crippen LogP contribution in [0.15, 0.2) is 30.3 Å². The van der Waals surface area contributed by atoms with Gasteiger partial charge in [-0.2, -0.15) is 5.10 Å². The Kier molecular flexibility index (Phi) is 7.54. The number of likely N-dealkylation sites (N-methyl/N-ethyl adjacent to an activating group) is 1. The lowest BCUT2D eigenvalue weighted by Crippen LogP contribution is -2.49. The van der Waals surface area contributed by atoms with Crippen LogP contribution in [0.4, 0.5) is 10.5 Å². The second-order valence-corrected chi connectivity index (χ2v) is 12.0. The Labute approximate surface area is 246 Å². The van der Waals surface area contributed by atoms with Gasteiger partial charge in [-0.1, -0.05) is 30.7 Å². The zero-order chi connectivity index (χ0) is 28.6. The van der Waals surface area contributed by atoms with E-state index < -0.39 is 0 Å². The number of nitrogens with one attached hydrogen (secondary N) is 3. The maximum absolute atomic E-state index is 14.2. The number of benzene rings is 2. The van der Waals surface area contributed by atoms with Gasteiger partial charge in [-0.25, -0.2) is 9.80 Å². The van der Waals surface area contributed by atoms with Gasteiger partial charge >= 0.3 is 6.03 Å². The number of aryl methyl sites for hydroxylation is 1. The molecule has 2 aromatic carbocycles. The monoisotopic (exact) mass is 569 g/mol. The Bertz CT molecular complexity index is 1480. The number of amides is 2. The molecular formula is C32H39N7O3. The zero-order valence-electron chi connectivity index (χ0n) is 24.3. The number of ketones is 1. The fraction of sp³-hybridized carbons (Fsp3) is 0.469. The van der Waals surface area contributed by atoms with Crippen molar-refractivity contribution in [1.82, 2.24) is 30.4 Å². The number of ether oxygens (including phenoxy) is 1. The maximum atomic E-state index is 14.2. The molecule has 2 aliphatic carbocycles. The molecule has 2 amide bonds. The molecule has 3 N–H and O–H groups in total. The fourth-order valence-corrected chi connectivity index (χ4v) is 6.77. The largest absolute Gasteiger partial charge is 0.379 e. The van der Waals surface area contributed by atoms with E-state index in [1.807, 2.05) is 11.1 Å². The van der Waals surface area contributed by atoms with Crippen LogP contribution in [0.5, 0.6) is 0 Å². The normalized spacial score (nSPS) is 19.6. The predicted molar refractivity (Wildman–Crippen MR) is 161 cm³/mol. The molecule has 220 valence electrons. The summed E-state index contributed by atoms with van der Waals surface area (Å²) in [6.07, 6.45) is 5.19. The molecule has 7 rings (SSSR count). The highest BCUT2D eigenvalue weighted by Gasteiger charge is 2.38. The van der Waals surface area contributed by atoms with E-state index in [1.165, 1.54) is 16.7 Å². The minimum Gasteiger partial charge on any atom is -0.379 e. The quantitative estimate of drug-likeness (QED) is 0.315. The first-order valence-electron chi connectivity index (χ1n) is 15.3. The summed E-state index contributed by atoms with van der Waals surface area (Å²) in [6, 6.07) is 10.1. The number of fused-ring (bicyclic) bond motifs is 5. The highest BCUT2D eigenvalue weighted by molar-refractivity contribution is 6.27. The third kappa shape index (κ3) is 5.24. The Hall–Kier alpha value is -3.57. The molecule has 1 aromatic heterocycles. The van der Waals surface area contributed by atoms with Gasteiger partial charge in [0.1, 0.15) is 5.69 Å². The standard InChI is InChI=1S/C32H39N7O3/c1-37-11-13-38(14-12-37)20-21-7-9-22(10-8-21)29-28-30(35-34-29)26-24-6-4-2-3-5-23(24)19-25(27(26)31(28)40)33-32(41)36-39-15-17-42-18-16-39/h7-10,19H,2-6,11-18,20H2,1H3,(H,34,35)(H2,33,36,41). The molecule has 4 aliphatic rings. The molecule has 2 aliphatic heterocycles. The summed E-state index contributed by atoms with van der Waals surface area (Å²) in [6.45, 7) is 7.66. The van der Waals surface area contributed by atoms with Crippen molar-refractivity contribution in [3.8, 4) is 22.5 Å². The van der Waals surface area contributed by atoms with Gasteiger partial charge in [-0.05, 0) is 55.5 Å². The minimum atomic E-state index is -0.342. The third-order valence-corrected chi connectivity index (χ3v) is 9.12. The molecule has 0 saturated carbocycles. The van der Waals surface area contributed by atoms with E-state index in [-0.39, 0.29) is 11.8 Å². The van der Waals surface area contributed by atoms with Gasteiger partial charge in [0.2, 0.25) is 0 Å². The summed E-state index contributed by atoms with van der Waals surface area (Å²) in [5.41, 5.74) is 11.6. The van der Waals surface area contributed by atoms with Crippen LogP contribution in [-0.4, -0.2) is 96.4 Å². The number of urea groups is 1. The molecule has 10 nitrogen and oxygen atoms in total. The highest BCUT2D eigenvalue weighted by Crippen LogP contribution is 2.47. The van der Waals surface area contributed by atoms with Crippen LogP contribution in [-0.2, 0) is 24.1 Å². The predicted octanol–water partition coefficient (Wildman–Crippen LogP) is 3.67. The van der Waals surface area contributed by atoms with Gasteiger partial charge in [0.05, 0.1) is 35.7 Å². The molecule has 0 unspecified atom stereocenters. The van der Waals surface area contributed by atoms with Crippen LogP contribution in [0.1, 0.15) is 51.9 Å². The number of H-pyrrole nitrogens is 1. The molecule has 42 heavy (non-hydrogen) atoms. The second-order valence-electron chi connectivity index (χ2n) is 12.0. The zero-order valence-corrected chi connectivity index (χ0v) is 24.3. The summed E-state index contributed by atoms with van der Waals surface area (Å²) < 4.78 is 5.40. The molecule has 0 spiro atoms. The van der Waals surface area contributed by atoms with Crippen LogP contribution >= 0.6 is 0 Å². The van der Waals surface area contributed by atoms with Crippen molar-refractivity contribution in [3.63, 3.8) is 0 Å². The van der Waals surface area contributed by atoms with Crippen LogP contribution < -0.4 is 10.7 Å². The average Bonchev–Trinajstić information content (AvgIpc) is 3.46. The number of carbonyl (C=O) groups excluding carboxylic acids is 2. The topological polar surface area (TPSA) is 106 Å². The van der Waals surface area contributed by atoms with E-state index >= 15 is 0 Å². The van der Waals surface area contributed by atoms with E-state index in [4.69, 9.17) is 4.74 Å². The number of aromatic amines is 1. The summed E-state index contributed by atoms with van der Waals surface area (Å²) in [4.78, 5) is 32.1. The first kappa shape index (κ1) is 27.3. The number of hydrogen-bond acceptors (Lipinski definition) is 7. The Balaban J connectivity index is 1.19. The molecule has 0 atom stereocenters. The molecule has 2 fully saturated rings. The smallest absolute Gasteiger partial charge is 0.333 e. The van der Waals surface area contributed by atoms with Gasteiger partial charge in [-0.15, -0.1) is 0 Å². The lowest BCUT2D eigenvalue weighted by Gasteiger charge is -2.32. The van der Waals surface area contributed by atoms with E-state index in [1.54, 1.807) is 0 Å². The summed E-state index contributed by atoms with van der Waals surface area (Å²) in [5.74, 6) is -0.0843. The van der Waals surface area contributed by atoms with Crippen molar-refractivity contribution in [2.24, 2.45) is 0 Å². The van der Waals surface area contributed by atoms with Gasteiger partial charge in [0, 0.05) is 56.9 Å². The molecule has 0 bridgehead atoms. The van der Waals surface area contributed by atoms with Crippen molar-refractivity contribution in [2.45, 2.75) is 38.6 Å². The lowest BCUT2D eigenvalue weighted by atomic mass is 9.92. The number of hydrogen-bond donors (Lipinski definition) is 3. The van der Waals surface area contributed by atoms with Crippen molar-refractivity contribution < 1.29 is 14.3 Å². The van der Waals surface area contributed by atoms with E-state index in [9.17, 15) is 9.59 Å². The number of nitrogens with zero attached hydrogens (tertiary/aromatic N) is 4. The number of piperazine rings is 1. The van der Waals surface area contributed by atoms with Gasteiger partial charge < -0.3 is 15.0 Å². The molecule has 3 aromatic rings. The van der Waals surface area contributed by atoms with Gasteiger partial charge in [0.15, 0.2) is 5.78 Å². The second kappa shape index (κ2) is 11.6. The Morgan fingerprint density at radius 3 is 2.50 bits per heavy atom. The number of hydrazine groups is 1. The summed E-state index contributed by atoms with van der Waals surface area (Å²) in [7, 11) is 2.17. The summed E-state index contributed by atoms with van der Waals surface area (Å²) >= 11 is 0. The average molecular weight is 570 g/mol. The van der Waals surface area contributed by atoms with Gasteiger partial charge in [0.25, 0.3) is 0 Å². The number of aromatic nitrogens is 2. The van der Waals surface area contributed by atoms with E-state index in [0.717, 1.165) is 81.6 Å². The van der Waals surface area contributed by atoms with Gasteiger partial charge in [-0.3, -0.25) is 20.2 Å². The fourth-order valence-electron chi connectivity index (χ4n) is 6.77. The Morgan fingerprint density at radius 2 is 1.71 bits per heavy atom. The van der Waals surface area contributed by atoms with Crippen LogP contribution in [0.2, 0.25) is 0 Å². The molecular weight excluding hydrogens is 530 g/mol. The Morgan fingerprint density at radius 1 is 0.952 bits per heavy atom. The lowest BCUT2D eigenvalue weighted by molar-refractivity contribution is 0.0207. The number of anilines is 1. The number of morpholine rings is 1. The van der Waals surface area contributed by atoms with E-state index in [2.05, 4.69) is 62.1 Å². The van der Waals surface area contributed by atoms with Crippen molar-refractivity contribution in [3.05, 3.63) is 58.1 Å². The minimum absolute atomic E-state index is 0.0843. The maximum Gasteiger partial charge on any atom is 0.333 e. The summed E-state index contributed by atoms with van der Waals surface area (Å²) in [5, 5.41) is 12.8. The van der Waals surface area contributed by atoms with Crippen LogP contribution in [0, 0.1) is 0 Å². The molecule has 0 radical (unpaired) electrons. The van der Waals surface area contributed by atoms with E-state index in [0.29, 0.717) is 48.8 Å². The number of rotatable bonds is 5. The molecule has 3 heterocycles. The van der Waals surface area contributed by atoms with Crippen molar-refractivity contribution in [2.75, 3.05) is 64.8 Å². The van der Waals surface area contributed by atoms with Crippen molar-refractivity contribution >= 4 is 17.5 Å². The first-order chi connectivity index (χ1) is 20.5. The van der Waals surface area contributed by atoms with Crippen LogP contribution in [0.3, 0.4) is 0 Å². The highest BCUT2D eigenvalue weighted by atomic mass is 16.5. The third-order valence-electron chi connectivity index (χ3n) is 9.12. The van der Waals surface area contributed by atoms with Crippen molar-refractivity contribution in [1.29, 1.82) is 0 Å².